The Hall–Kier alpha value is -3.05. The molecule has 2 aromatic heterocycles. The normalized spacial score (nSPS) is 15.2. The van der Waals surface area contributed by atoms with E-state index in [-0.39, 0.29) is 0 Å². The highest BCUT2D eigenvalue weighted by molar-refractivity contribution is 7.80. The molecule has 0 saturated carbocycles. The predicted octanol–water partition coefficient (Wildman–Crippen LogP) is 6.35. The third-order valence-electron chi connectivity index (χ3n) is 6.82. The van der Waals surface area contributed by atoms with Gasteiger partial charge in [-0.3, -0.25) is 9.97 Å². The molecule has 0 fully saturated rings. The number of thiocarbonyl (C=S) groups is 1. The summed E-state index contributed by atoms with van der Waals surface area (Å²) in [6, 6.07) is 16.7. The molecule has 2 heterocycles. The maximum Gasteiger partial charge on any atom is 0.175 e. The molecule has 32 heavy (non-hydrogen) atoms. The van der Waals surface area contributed by atoms with Crippen LogP contribution in [0.3, 0.4) is 0 Å². The summed E-state index contributed by atoms with van der Waals surface area (Å²) in [4.78, 5) is 9.91. The van der Waals surface area contributed by atoms with Gasteiger partial charge in [-0.15, -0.1) is 0 Å². The first-order valence-corrected chi connectivity index (χ1v) is 12.1. The molecular formula is C27H26N4S. The van der Waals surface area contributed by atoms with Gasteiger partial charge in [-0.25, -0.2) is 0 Å². The van der Waals surface area contributed by atoms with E-state index in [2.05, 4.69) is 59.2 Å². The summed E-state index contributed by atoms with van der Waals surface area (Å²) in [5, 5.41) is 10.1. The molecule has 2 aliphatic carbocycles. The van der Waals surface area contributed by atoms with Crippen LogP contribution in [0.5, 0.6) is 0 Å². The average Bonchev–Trinajstić information content (AvgIpc) is 2.84. The number of fused-ring (bicyclic) bond motifs is 4. The molecule has 2 N–H and O–H groups in total. The molecule has 4 nitrogen and oxygen atoms in total. The van der Waals surface area contributed by atoms with E-state index in [9.17, 15) is 0 Å². The number of aromatic nitrogens is 2. The van der Waals surface area contributed by atoms with Crippen molar-refractivity contribution in [2.24, 2.45) is 0 Å². The van der Waals surface area contributed by atoms with E-state index in [1.165, 1.54) is 48.2 Å². The van der Waals surface area contributed by atoms with E-state index in [1.807, 2.05) is 0 Å². The Morgan fingerprint density at radius 1 is 0.625 bits per heavy atom. The lowest BCUT2D eigenvalue weighted by atomic mass is 9.92. The molecule has 0 atom stereocenters. The Kier molecular flexibility index (Phi) is 4.99. The highest BCUT2D eigenvalue weighted by atomic mass is 32.1. The zero-order valence-corrected chi connectivity index (χ0v) is 18.9. The largest absolute Gasteiger partial charge is 0.332 e. The molecule has 0 amide bonds. The molecule has 0 spiro atoms. The average molecular weight is 439 g/mol. The molecular weight excluding hydrogens is 412 g/mol. The van der Waals surface area contributed by atoms with Crippen molar-refractivity contribution in [2.45, 2.75) is 51.4 Å². The first-order valence-electron chi connectivity index (χ1n) is 11.7. The van der Waals surface area contributed by atoms with Gasteiger partial charge in [0, 0.05) is 22.2 Å². The van der Waals surface area contributed by atoms with E-state index < -0.39 is 0 Å². The van der Waals surface area contributed by atoms with Gasteiger partial charge in [0.15, 0.2) is 5.11 Å². The second-order valence-electron chi connectivity index (χ2n) is 8.85. The summed E-state index contributed by atoms with van der Waals surface area (Å²) in [5.74, 6) is 0. The number of pyridine rings is 2. The Morgan fingerprint density at radius 3 is 1.56 bits per heavy atom. The zero-order valence-electron chi connectivity index (χ0n) is 18.1. The summed E-state index contributed by atoms with van der Waals surface area (Å²) >= 11 is 5.89. The summed E-state index contributed by atoms with van der Waals surface area (Å²) in [6.07, 6.45) is 8.98. The van der Waals surface area contributed by atoms with Crippen molar-refractivity contribution in [3.63, 3.8) is 0 Å². The number of aryl methyl sites for hydroxylation is 2. The number of nitrogens with one attached hydrogen (secondary N) is 2. The van der Waals surface area contributed by atoms with Gasteiger partial charge in [0.1, 0.15) is 0 Å². The number of benzene rings is 2. The van der Waals surface area contributed by atoms with Crippen LogP contribution in [0, 0.1) is 0 Å². The number of nitrogens with zero attached hydrogens (tertiary/aromatic N) is 2. The molecule has 0 aliphatic heterocycles. The van der Waals surface area contributed by atoms with Gasteiger partial charge in [-0.05, 0) is 86.8 Å². The van der Waals surface area contributed by atoms with Gasteiger partial charge in [0.25, 0.3) is 0 Å². The molecule has 0 bridgehead atoms. The van der Waals surface area contributed by atoms with Crippen molar-refractivity contribution in [1.82, 2.24) is 9.97 Å². The van der Waals surface area contributed by atoms with Gasteiger partial charge in [0.05, 0.1) is 22.4 Å². The van der Waals surface area contributed by atoms with Crippen LogP contribution in [0.4, 0.5) is 11.4 Å². The second-order valence-corrected chi connectivity index (χ2v) is 9.26. The minimum Gasteiger partial charge on any atom is -0.332 e. The highest BCUT2D eigenvalue weighted by Crippen LogP contribution is 2.35. The van der Waals surface area contributed by atoms with Gasteiger partial charge >= 0.3 is 0 Å². The van der Waals surface area contributed by atoms with Gasteiger partial charge in [0.2, 0.25) is 0 Å². The molecule has 0 unspecified atom stereocenters. The summed E-state index contributed by atoms with van der Waals surface area (Å²) in [5.41, 5.74) is 9.38. The molecule has 4 aromatic rings. The highest BCUT2D eigenvalue weighted by Gasteiger charge is 2.21. The zero-order chi connectivity index (χ0) is 21.5. The van der Waals surface area contributed by atoms with Crippen molar-refractivity contribution in [3.8, 4) is 0 Å². The number of hydrogen-bond donors (Lipinski definition) is 2. The third-order valence-corrected chi connectivity index (χ3v) is 7.02. The minimum atomic E-state index is 0.637. The fourth-order valence-corrected chi connectivity index (χ4v) is 5.49. The molecule has 6 rings (SSSR count). The number of rotatable bonds is 2. The van der Waals surface area contributed by atoms with Crippen molar-refractivity contribution in [1.29, 1.82) is 0 Å². The lowest BCUT2D eigenvalue weighted by Crippen LogP contribution is -2.23. The van der Waals surface area contributed by atoms with Crippen LogP contribution < -0.4 is 10.6 Å². The lowest BCUT2D eigenvalue weighted by molar-refractivity contribution is 0.672. The predicted molar refractivity (Wildman–Crippen MR) is 137 cm³/mol. The number of hydrogen-bond acceptors (Lipinski definition) is 3. The Labute approximate surface area is 193 Å². The fourth-order valence-electron chi connectivity index (χ4n) is 5.29. The monoisotopic (exact) mass is 438 g/mol. The van der Waals surface area contributed by atoms with Crippen LogP contribution in [-0.2, 0) is 25.7 Å². The maximum absolute atomic E-state index is 5.89. The summed E-state index contributed by atoms with van der Waals surface area (Å²) in [6.45, 7) is 0. The maximum atomic E-state index is 5.89. The third kappa shape index (κ3) is 3.41. The number of para-hydroxylation sites is 2. The van der Waals surface area contributed by atoms with Crippen LogP contribution in [0.15, 0.2) is 48.5 Å². The Bertz CT molecular complexity index is 1260. The van der Waals surface area contributed by atoms with E-state index in [0.717, 1.165) is 58.9 Å². The number of anilines is 2. The second kappa shape index (κ2) is 8.14. The van der Waals surface area contributed by atoms with Crippen molar-refractivity contribution in [2.75, 3.05) is 10.6 Å². The van der Waals surface area contributed by atoms with E-state index in [4.69, 9.17) is 22.2 Å². The van der Waals surface area contributed by atoms with Crippen LogP contribution in [0.25, 0.3) is 21.8 Å². The summed E-state index contributed by atoms with van der Waals surface area (Å²) < 4.78 is 0. The van der Waals surface area contributed by atoms with E-state index in [1.54, 1.807) is 0 Å². The van der Waals surface area contributed by atoms with Crippen molar-refractivity contribution >= 4 is 50.5 Å². The standard InChI is InChI=1S/C27H26N4S/c32-27(30-25-17-9-1-5-13-21(17)28-22-14-6-2-10-18(22)25)31-26-19-11-3-7-15-23(19)29-24-16-8-4-12-20(24)26/h1,3,5,7,9,11,13,15H,2,4,6,8,10,12,14,16H2,(H2,28,29,30,31,32). The van der Waals surface area contributed by atoms with E-state index >= 15 is 0 Å². The van der Waals surface area contributed by atoms with Crippen LogP contribution in [0.1, 0.15) is 48.2 Å². The van der Waals surface area contributed by atoms with Crippen LogP contribution in [0.2, 0.25) is 0 Å². The van der Waals surface area contributed by atoms with Gasteiger partial charge < -0.3 is 10.6 Å². The van der Waals surface area contributed by atoms with Crippen LogP contribution in [-0.4, -0.2) is 15.1 Å². The van der Waals surface area contributed by atoms with Gasteiger partial charge in [-0.2, -0.15) is 0 Å². The minimum absolute atomic E-state index is 0.637. The smallest absolute Gasteiger partial charge is 0.175 e. The molecule has 0 saturated heterocycles. The Balaban J connectivity index is 1.41. The molecule has 2 aliphatic rings. The van der Waals surface area contributed by atoms with E-state index in [0.29, 0.717) is 5.11 Å². The molecule has 5 heteroatoms. The van der Waals surface area contributed by atoms with Crippen molar-refractivity contribution in [3.05, 3.63) is 71.0 Å². The fraction of sp³-hybridized carbons (Fsp3) is 0.296. The van der Waals surface area contributed by atoms with Crippen molar-refractivity contribution < 1.29 is 0 Å². The quantitative estimate of drug-likeness (QED) is 0.357. The summed E-state index contributed by atoms with van der Waals surface area (Å²) in [7, 11) is 0. The first-order chi connectivity index (χ1) is 15.8. The molecule has 2 aromatic carbocycles. The van der Waals surface area contributed by atoms with Crippen LogP contribution >= 0.6 is 12.2 Å². The Morgan fingerprint density at radius 2 is 1.06 bits per heavy atom. The molecule has 0 radical (unpaired) electrons. The van der Waals surface area contributed by atoms with Gasteiger partial charge in [-0.1, -0.05) is 36.4 Å². The SMILES string of the molecule is S=C(Nc1c2c(nc3ccccc13)CCCC2)Nc1c2c(nc3ccccc13)CCCC2. The topological polar surface area (TPSA) is 49.8 Å². The lowest BCUT2D eigenvalue weighted by Gasteiger charge is -2.24. The molecule has 160 valence electrons. The first kappa shape index (κ1) is 19.6.